The van der Waals surface area contributed by atoms with Gasteiger partial charge in [-0.3, -0.25) is 0 Å². The normalized spacial score (nSPS) is 16.8. The number of nitrogens with zero attached hydrogens (tertiary/aromatic N) is 1. The number of hydrogen-bond donors (Lipinski definition) is 2. The number of nitrogens with one attached hydrogen (secondary N) is 2. The molecule has 5 heteroatoms. The predicted octanol–water partition coefficient (Wildman–Crippen LogP) is 4.37. The van der Waals surface area contributed by atoms with Crippen LogP contribution < -0.4 is 5.32 Å². The summed E-state index contributed by atoms with van der Waals surface area (Å²) >= 11 is 0. The van der Waals surface area contributed by atoms with Gasteiger partial charge in [-0.2, -0.15) is 0 Å². The first-order valence-electron chi connectivity index (χ1n) is 8.97. The Kier molecular flexibility index (Phi) is 4.15. The number of halogens is 1. The molecule has 1 aliphatic heterocycles. The third-order valence-electron chi connectivity index (χ3n) is 4.91. The molecule has 0 fully saturated rings. The largest absolute Gasteiger partial charge is 0.356 e. The number of amides is 2. The predicted molar refractivity (Wildman–Crippen MR) is 101 cm³/mol. The maximum Gasteiger partial charge on any atom is 0.318 e. The van der Waals surface area contributed by atoms with Crippen LogP contribution in [0.2, 0.25) is 0 Å². The highest BCUT2D eigenvalue weighted by Crippen LogP contribution is 2.39. The van der Waals surface area contributed by atoms with Crippen molar-refractivity contribution in [3.05, 3.63) is 71.2 Å². The number of fused-ring (bicyclic) bond motifs is 3. The molecule has 2 aromatic carbocycles. The lowest BCUT2D eigenvalue weighted by molar-refractivity contribution is 0.175. The smallest absolute Gasteiger partial charge is 0.318 e. The molecule has 2 amide bonds. The number of aromatic nitrogens is 1. The van der Waals surface area contributed by atoms with Gasteiger partial charge in [0.15, 0.2) is 0 Å². The number of urea groups is 1. The molecule has 2 N–H and O–H groups in total. The number of carbonyl (C=O) groups is 1. The standard InChI is InChI=1S/C21H22FN3O/c1-13(2)23-21(26)25-12-11-15-14-7-4-6-10-18(14)24-19(15)20(25)16-8-3-5-9-17(16)22/h3-10,13,20,24H,11-12H2,1-2H3,(H,23,26)/t20-/m0/s1. The fraction of sp³-hybridized carbons (Fsp3) is 0.286. The fourth-order valence-corrected chi connectivity index (χ4v) is 3.81. The van der Waals surface area contributed by atoms with Crippen LogP contribution in [0.25, 0.3) is 10.9 Å². The Morgan fingerprint density at radius 3 is 2.69 bits per heavy atom. The second-order valence-corrected chi connectivity index (χ2v) is 7.03. The van der Waals surface area contributed by atoms with Crippen molar-refractivity contribution in [3.8, 4) is 0 Å². The molecule has 0 bridgehead atoms. The maximum atomic E-state index is 14.7. The average molecular weight is 351 g/mol. The number of hydrogen-bond acceptors (Lipinski definition) is 1. The number of benzene rings is 2. The Balaban J connectivity index is 1.88. The van der Waals surface area contributed by atoms with E-state index in [1.54, 1.807) is 17.0 Å². The molecule has 0 saturated heterocycles. The van der Waals surface area contributed by atoms with Gasteiger partial charge in [-0.15, -0.1) is 0 Å². The molecule has 0 aliphatic carbocycles. The molecule has 0 unspecified atom stereocenters. The van der Waals surface area contributed by atoms with E-state index in [9.17, 15) is 9.18 Å². The van der Waals surface area contributed by atoms with Gasteiger partial charge in [-0.25, -0.2) is 9.18 Å². The summed E-state index contributed by atoms with van der Waals surface area (Å²) < 4.78 is 14.7. The minimum absolute atomic E-state index is 0.0212. The van der Waals surface area contributed by atoms with Gasteiger partial charge in [-0.05, 0) is 38.0 Å². The second-order valence-electron chi connectivity index (χ2n) is 7.03. The number of carbonyl (C=O) groups excluding carboxylic acids is 1. The van der Waals surface area contributed by atoms with Crippen LogP contribution in [0, 0.1) is 5.82 Å². The van der Waals surface area contributed by atoms with Crippen molar-refractivity contribution in [2.45, 2.75) is 32.4 Å². The molecule has 0 radical (unpaired) electrons. The zero-order valence-corrected chi connectivity index (χ0v) is 14.9. The highest BCUT2D eigenvalue weighted by Gasteiger charge is 2.35. The lowest BCUT2D eigenvalue weighted by Gasteiger charge is -2.36. The molecule has 26 heavy (non-hydrogen) atoms. The highest BCUT2D eigenvalue weighted by atomic mass is 19.1. The molecule has 0 spiro atoms. The Morgan fingerprint density at radius 2 is 1.92 bits per heavy atom. The minimum Gasteiger partial charge on any atom is -0.356 e. The Labute approximate surface area is 152 Å². The SMILES string of the molecule is CC(C)NC(=O)N1CCc2c([nH]c3ccccc23)[C@@H]1c1ccccc1F. The molecule has 1 aromatic heterocycles. The summed E-state index contributed by atoms with van der Waals surface area (Å²) in [5, 5.41) is 4.09. The molecule has 3 aromatic rings. The summed E-state index contributed by atoms with van der Waals surface area (Å²) in [6.45, 7) is 4.40. The fourth-order valence-electron chi connectivity index (χ4n) is 3.81. The van der Waals surface area contributed by atoms with Crippen molar-refractivity contribution < 1.29 is 9.18 Å². The molecule has 2 heterocycles. The van der Waals surface area contributed by atoms with Crippen LogP contribution in [0.5, 0.6) is 0 Å². The van der Waals surface area contributed by atoms with Crippen LogP contribution in [-0.2, 0) is 6.42 Å². The second kappa shape index (κ2) is 6.48. The summed E-state index contributed by atoms with van der Waals surface area (Å²) in [6.07, 6.45) is 0.746. The molecule has 134 valence electrons. The molecule has 1 atom stereocenters. The van der Waals surface area contributed by atoms with Crippen LogP contribution in [-0.4, -0.2) is 28.5 Å². The zero-order chi connectivity index (χ0) is 18.3. The van der Waals surface area contributed by atoms with E-state index >= 15 is 0 Å². The van der Waals surface area contributed by atoms with E-state index in [-0.39, 0.29) is 17.9 Å². The Hall–Kier alpha value is -2.82. The number of H-pyrrole nitrogens is 1. The number of aromatic amines is 1. The third-order valence-corrected chi connectivity index (χ3v) is 4.91. The first-order valence-corrected chi connectivity index (χ1v) is 8.97. The van der Waals surface area contributed by atoms with Gasteiger partial charge in [0.1, 0.15) is 11.9 Å². The van der Waals surface area contributed by atoms with Gasteiger partial charge in [0, 0.05) is 34.7 Å². The molecular weight excluding hydrogens is 329 g/mol. The Bertz CT molecular complexity index is 963. The van der Waals surface area contributed by atoms with Crippen LogP contribution in [0.4, 0.5) is 9.18 Å². The van der Waals surface area contributed by atoms with Crippen molar-refractivity contribution in [2.24, 2.45) is 0 Å². The van der Waals surface area contributed by atoms with E-state index in [0.29, 0.717) is 12.1 Å². The van der Waals surface area contributed by atoms with Crippen LogP contribution in [0.3, 0.4) is 0 Å². The quantitative estimate of drug-likeness (QED) is 0.707. The van der Waals surface area contributed by atoms with Crippen molar-refractivity contribution in [2.75, 3.05) is 6.54 Å². The first kappa shape index (κ1) is 16.6. The van der Waals surface area contributed by atoms with Gasteiger partial charge in [0.25, 0.3) is 0 Å². The topological polar surface area (TPSA) is 48.1 Å². The van der Waals surface area contributed by atoms with Crippen molar-refractivity contribution in [3.63, 3.8) is 0 Å². The third kappa shape index (κ3) is 2.73. The maximum absolute atomic E-state index is 14.7. The van der Waals surface area contributed by atoms with E-state index in [0.717, 1.165) is 23.0 Å². The average Bonchev–Trinajstić information content (AvgIpc) is 2.99. The van der Waals surface area contributed by atoms with E-state index in [4.69, 9.17) is 0 Å². The van der Waals surface area contributed by atoms with Gasteiger partial charge in [-0.1, -0.05) is 36.4 Å². The lowest BCUT2D eigenvalue weighted by atomic mass is 9.92. The molecule has 0 saturated carbocycles. The van der Waals surface area contributed by atoms with Gasteiger partial charge in [0.05, 0.1) is 0 Å². The molecule has 4 nitrogen and oxygen atoms in total. The van der Waals surface area contributed by atoms with Gasteiger partial charge in [0.2, 0.25) is 0 Å². The molecule has 1 aliphatic rings. The number of para-hydroxylation sites is 1. The molecular formula is C21H22FN3O. The highest BCUT2D eigenvalue weighted by molar-refractivity contribution is 5.86. The number of rotatable bonds is 2. The van der Waals surface area contributed by atoms with Crippen molar-refractivity contribution >= 4 is 16.9 Å². The first-order chi connectivity index (χ1) is 12.6. The summed E-state index contributed by atoms with van der Waals surface area (Å²) in [5.41, 5.74) is 3.60. The van der Waals surface area contributed by atoms with E-state index in [1.807, 2.05) is 38.1 Å². The Morgan fingerprint density at radius 1 is 1.19 bits per heavy atom. The van der Waals surface area contributed by atoms with E-state index in [2.05, 4.69) is 16.4 Å². The summed E-state index contributed by atoms with van der Waals surface area (Å²) in [5.74, 6) is -0.300. The minimum atomic E-state index is -0.467. The van der Waals surface area contributed by atoms with E-state index in [1.165, 1.54) is 11.6 Å². The monoisotopic (exact) mass is 351 g/mol. The van der Waals surface area contributed by atoms with Crippen LogP contribution in [0.15, 0.2) is 48.5 Å². The van der Waals surface area contributed by atoms with Crippen molar-refractivity contribution in [1.82, 2.24) is 15.2 Å². The van der Waals surface area contributed by atoms with Crippen LogP contribution in [0.1, 0.15) is 36.7 Å². The van der Waals surface area contributed by atoms with Crippen LogP contribution >= 0.6 is 0 Å². The summed E-state index contributed by atoms with van der Waals surface area (Å²) in [7, 11) is 0. The van der Waals surface area contributed by atoms with Gasteiger partial charge < -0.3 is 15.2 Å². The lowest BCUT2D eigenvalue weighted by Crippen LogP contribution is -2.48. The summed E-state index contributed by atoms with van der Waals surface area (Å²) in [4.78, 5) is 18.0. The zero-order valence-electron chi connectivity index (χ0n) is 14.9. The van der Waals surface area contributed by atoms with Crippen molar-refractivity contribution in [1.29, 1.82) is 0 Å². The van der Waals surface area contributed by atoms with Gasteiger partial charge >= 0.3 is 6.03 Å². The van der Waals surface area contributed by atoms with E-state index < -0.39 is 6.04 Å². The summed E-state index contributed by atoms with van der Waals surface area (Å²) in [6, 6.07) is 14.2. The molecule has 4 rings (SSSR count).